The number of benzene rings is 1. The highest BCUT2D eigenvalue weighted by molar-refractivity contribution is 9.10. The second-order valence-electron chi connectivity index (χ2n) is 5.68. The van der Waals surface area contributed by atoms with Gasteiger partial charge in [0.15, 0.2) is 22.5 Å². The summed E-state index contributed by atoms with van der Waals surface area (Å²) in [6.45, 7) is 3.14. The number of halogens is 1. The third kappa shape index (κ3) is 3.22. The van der Waals surface area contributed by atoms with E-state index in [2.05, 4.69) is 47.3 Å². The van der Waals surface area contributed by atoms with Gasteiger partial charge in [0.2, 0.25) is 0 Å². The molecule has 0 atom stereocenters. The van der Waals surface area contributed by atoms with Crippen LogP contribution in [-0.4, -0.2) is 27.6 Å². The van der Waals surface area contributed by atoms with Crippen LogP contribution in [0.1, 0.15) is 23.2 Å². The van der Waals surface area contributed by atoms with E-state index in [-0.39, 0.29) is 17.4 Å². The molecule has 0 radical (unpaired) electrons. The molecule has 0 aliphatic heterocycles. The Balaban J connectivity index is 1.92. The summed E-state index contributed by atoms with van der Waals surface area (Å²) in [6.07, 6.45) is 1.45. The highest BCUT2D eigenvalue weighted by Gasteiger charge is 2.23. The molecule has 0 unspecified atom stereocenters. The molecule has 3 N–H and O–H groups in total. The third-order valence-electron chi connectivity index (χ3n) is 4.24. The molecule has 2 heterocycles. The number of carbonyl (C=O) groups excluding carboxylic acids is 1. The molecule has 136 valence electrons. The zero-order valence-electron chi connectivity index (χ0n) is 14.8. The van der Waals surface area contributed by atoms with Crippen molar-refractivity contribution in [1.29, 1.82) is 0 Å². The van der Waals surface area contributed by atoms with Crippen LogP contribution in [0.2, 0.25) is 0 Å². The minimum Gasteiger partial charge on any atom is -0.497 e. The zero-order chi connectivity index (χ0) is 18.8. The van der Waals surface area contributed by atoms with E-state index in [9.17, 15) is 4.79 Å². The number of nitrogens with one attached hydrogen (secondary N) is 1. The Morgan fingerprint density at radius 2 is 2.23 bits per heavy atom. The molecule has 26 heavy (non-hydrogen) atoms. The van der Waals surface area contributed by atoms with Gasteiger partial charge in [0.1, 0.15) is 16.9 Å². The quantitative estimate of drug-likeness (QED) is 0.611. The molecule has 0 spiro atoms. The first-order valence-corrected chi connectivity index (χ1v) is 8.86. The normalized spacial score (nSPS) is 10.9. The SMILES string of the molecule is CCn1c(CNC(=O)c2nc(Br)cnc2N)[n+](C)c2ccc(OC)cc21. The molecule has 0 aliphatic carbocycles. The van der Waals surface area contributed by atoms with E-state index < -0.39 is 0 Å². The van der Waals surface area contributed by atoms with Crippen molar-refractivity contribution in [2.75, 3.05) is 12.8 Å². The number of methoxy groups -OCH3 is 1. The van der Waals surface area contributed by atoms with Gasteiger partial charge in [-0.25, -0.2) is 19.1 Å². The number of imidazole rings is 1. The van der Waals surface area contributed by atoms with Gasteiger partial charge in [-0.15, -0.1) is 0 Å². The number of ether oxygens (including phenoxy) is 1. The van der Waals surface area contributed by atoms with Gasteiger partial charge in [-0.05, 0) is 35.0 Å². The third-order valence-corrected chi connectivity index (χ3v) is 4.63. The van der Waals surface area contributed by atoms with E-state index in [0.29, 0.717) is 11.1 Å². The topological polar surface area (TPSA) is 98.9 Å². The highest BCUT2D eigenvalue weighted by Crippen LogP contribution is 2.21. The number of nitrogens with zero attached hydrogens (tertiary/aromatic N) is 4. The van der Waals surface area contributed by atoms with Crippen molar-refractivity contribution in [3.8, 4) is 5.75 Å². The van der Waals surface area contributed by atoms with E-state index in [0.717, 1.165) is 29.2 Å². The summed E-state index contributed by atoms with van der Waals surface area (Å²) in [5.74, 6) is 1.46. The Morgan fingerprint density at radius 3 is 2.92 bits per heavy atom. The first-order chi connectivity index (χ1) is 12.5. The van der Waals surface area contributed by atoms with Gasteiger partial charge < -0.3 is 15.8 Å². The minimum absolute atomic E-state index is 0.0934. The molecular formula is C17H20BrN6O2+. The summed E-state index contributed by atoms with van der Waals surface area (Å²) < 4.78 is 9.96. The second-order valence-corrected chi connectivity index (χ2v) is 6.50. The van der Waals surface area contributed by atoms with Crippen molar-refractivity contribution in [1.82, 2.24) is 19.9 Å². The van der Waals surface area contributed by atoms with Crippen LogP contribution >= 0.6 is 15.9 Å². The molecule has 0 saturated heterocycles. The summed E-state index contributed by atoms with van der Waals surface area (Å²) in [6, 6.07) is 5.91. The number of fused-ring (bicyclic) bond motifs is 1. The number of aryl methyl sites for hydroxylation is 2. The largest absolute Gasteiger partial charge is 0.497 e. The summed E-state index contributed by atoms with van der Waals surface area (Å²) in [4.78, 5) is 20.5. The predicted octanol–water partition coefficient (Wildman–Crippen LogP) is 1.56. The smallest absolute Gasteiger partial charge is 0.276 e. The number of nitrogen functional groups attached to an aromatic ring is 1. The number of hydrogen-bond donors (Lipinski definition) is 2. The number of nitrogens with two attached hydrogens (primary N) is 1. The van der Waals surface area contributed by atoms with Crippen molar-refractivity contribution >= 4 is 38.7 Å². The van der Waals surface area contributed by atoms with E-state index in [1.165, 1.54) is 6.20 Å². The van der Waals surface area contributed by atoms with Crippen LogP contribution in [0.25, 0.3) is 11.0 Å². The number of carbonyl (C=O) groups is 1. The molecule has 1 amide bonds. The molecule has 9 heteroatoms. The number of anilines is 1. The molecule has 8 nitrogen and oxygen atoms in total. The fraction of sp³-hybridized carbons (Fsp3) is 0.294. The van der Waals surface area contributed by atoms with Gasteiger partial charge in [0, 0.05) is 6.07 Å². The highest BCUT2D eigenvalue weighted by atomic mass is 79.9. The summed E-state index contributed by atoms with van der Waals surface area (Å²) in [7, 11) is 3.61. The predicted molar refractivity (Wildman–Crippen MR) is 101 cm³/mol. The average molecular weight is 420 g/mol. The van der Waals surface area contributed by atoms with Gasteiger partial charge >= 0.3 is 0 Å². The Kier molecular flexibility index (Phi) is 5.08. The Labute approximate surface area is 159 Å². The summed E-state index contributed by atoms with van der Waals surface area (Å²) in [5.41, 5.74) is 7.96. The average Bonchev–Trinajstić information content (AvgIpc) is 2.92. The van der Waals surface area contributed by atoms with Gasteiger partial charge in [-0.1, -0.05) is 0 Å². The lowest BCUT2D eigenvalue weighted by atomic mass is 10.3. The number of hydrogen-bond acceptors (Lipinski definition) is 5. The Morgan fingerprint density at radius 1 is 1.46 bits per heavy atom. The molecule has 0 fully saturated rings. The van der Waals surface area contributed by atoms with Crippen LogP contribution < -0.4 is 20.4 Å². The lowest BCUT2D eigenvalue weighted by molar-refractivity contribution is -0.654. The molecule has 3 rings (SSSR count). The number of amides is 1. The monoisotopic (exact) mass is 419 g/mol. The molecule has 0 saturated carbocycles. The molecule has 3 aromatic rings. The lowest BCUT2D eigenvalue weighted by Gasteiger charge is -2.06. The molecular weight excluding hydrogens is 400 g/mol. The maximum atomic E-state index is 12.5. The molecule has 2 aromatic heterocycles. The van der Waals surface area contributed by atoms with Crippen molar-refractivity contribution in [2.24, 2.45) is 7.05 Å². The van der Waals surface area contributed by atoms with Crippen LogP contribution in [0, 0.1) is 0 Å². The van der Waals surface area contributed by atoms with E-state index in [1.807, 2.05) is 25.2 Å². The summed E-state index contributed by atoms with van der Waals surface area (Å²) in [5, 5.41) is 2.87. The van der Waals surface area contributed by atoms with Crippen molar-refractivity contribution < 1.29 is 14.1 Å². The van der Waals surface area contributed by atoms with Gasteiger partial charge in [0.05, 0.1) is 26.9 Å². The fourth-order valence-corrected chi connectivity index (χ4v) is 3.22. The Bertz CT molecular complexity index is 985. The minimum atomic E-state index is -0.373. The summed E-state index contributed by atoms with van der Waals surface area (Å²) >= 11 is 3.20. The van der Waals surface area contributed by atoms with Crippen molar-refractivity contribution in [2.45, 2.75) is 20.0 Å². The van der Waals surface area contributed by atoms with E-state index in [1.54, 1.807) is 7.11 Å². The molecule has 1 aromatic carbocycles. The maximum absolute atomic E-state index is 12.5. The maximum Gasteiger partial charge on any atom is 0.276 e. The zero-order valence-corrected chi connectivity index (χ0v) is 16.4. The lowest BCUT2D eigenvalue weighted by Crippen LogP contribution is -2.38. The van der Waals surface area contributed by atoms with Crippen LogP contribution in [0.4, 0.5) is 5.82 Å². The standard InChI is InChI=1S/C17H19BrN6O2/c1-4-24-12-7-10(26-3)5-6-11(12)23(2)14(24)9-21-17(25)15-16(19)20-8-13(18)22-15/h5-8H,4,9H2,1-3H3,(H2-,19,20,21,25)/p+1. The first kappa shape index (κ1) is 18.1. The van der Waals surface area contributed by atoms with Crippen molar-refractivity contribution in [3.05, 3.63) is 40.5 Å². The van der Waals surface area contributed by atoms with Crippen LogP contribution in [0.15, 0.2) is 29.0 Å². The van der Waals surface area contributed by atoms with E-state index >= 15 is 0 Å². The van der Waals surface area contributed by atoms with E-state index in [4.69, 9.17) is 10.5 Å². The van der Waals surface area contributed by atoms with Gasteiger partial charge in [0.25, 0.3) is 11.7 Å². The first-order valence-electron chi connectivity index (χ1n) is 8.07. The molecule has 0 bridgehead atoms. The van der Waals surface area contributed by atoms with Gasteiger partial charge in [-0.2, -0.15) is 0 Å². The fourth-order valence-electron chi connectivity index (χ4n) is 2.94. The van der Waals surface area contributed by atoms with Crippen LogP contribution in [0.3, 0.4) is 0 Å². The Hall–Kier alpha value is -2.68. The molecule has 0 aliphatic rings. The van der Waals surface area contributed by atoms with Crippen molar-refractivity contribution in [3.63, 3.8) is 0 Å². The second kappa shape index (κ2) is 7.28. The van der Waals surface area contributed by atoms with Gasteiger partial charge in [-0.3, -0.25) is 4.79 Å². The number of rotatable bonds is 5. The number of aromatic nitrogens is 4. The van der Waals surface area contributed by atoms with Crippen LogP contribution in [-0.2, 0) is 20.1 Å². The van der Waals surface area contributed by atoms with Crippen LogP contribution in [0.5, 0.6) is 5.75 Å².